The van der Waals surface area contributed by atoms with Crippen molar-refractivity contribution in [1.29, 1.82) is 0 Å². The van der Waals surface area contributed by atoms with E-state index in [0.717, 1.165) is 22.1 Å². The molecule has 0 spiro atoms. The topological polar surface area (TPSA) is 51.6 Å². The second-order valence-electron chi connectivity index (χ2n) is 2.94. The van der Waals surface area contributed by atoms with Crippen molar-refractivity contribution in [3.05, 3.63) is 30.5 Å². The molecule has 4 nitrogen and oxygen atoms in total. The van der Waals surface area contributed by atoms with Crippen molar-refractivity contribution < 1.29 is 0 Å². The molecule has 0 atom stereocenters. The molecular formula is C10H10N4S. The lowest BCUT2D eigenvalue weighted by molar-refractivity contribution is 1.03. The standard InChI is InChI=1S/C10H10N4S/c1-7-10(12-4-3-11-7)8-5-9(15-2)14-6-13-8/h3-6H,1-2H3. The van der Waals surface area contributed by atoms with Crippen LogP contribution in [0.25, 0.3) is 11.4 Å². The van der Waals surface area contributed by atoms with Gasteiger partial charge in [-0.15, -0.1) is 11.8 Å². The van der Waals surface area contributed by atoms with Gasteiger partial charge >= 0.3 is 0 Å². The van der Waals surface area contributed by atoms with E-state index in [4.69, 9.17) is 0 Å². The summed E-state index contributed by atoms with van der Waals surface area (Å²) in [5, 5.41) is 0.935. The van der Waals surface area contributed by atoms with E-state index >= 15 is 0 Å². The number of nitrogens with zero attached hydrogens (tertiary/aromatic N) is 4. The Labute approximate surface area is 92.2 Å². The van der Waals surface area contributed by atoms with Gasteiger partial charge in [0.05, 0.1) is 16.4 Å². The van der Waals surface area contributed by atoms with Crippen LogP contribution in [-0.4, -0.2) is 26.2 Å². The zero-order valence-corrected chi connectivity index (χ0v) is 9.32. The summed E-state index contributed by atoms with van der Waals surface area (Å²) in [5.74, 6) is 0. The summed E-state index contributed by atoms with van der Waals surface area (Å²) >= 11 is 1.58. The fourth-order valence-electron chi connectivity index (χ4n) is 1.24. The van der Waals surface area contributed by atoms with Crippen molar-refractivity contribution in [3.63, 3.8) is 0 Å². The molecule has 2 rings (SSSR count). The van der Waals surface area contributed by atoms with Gasteiger partial charge in [-0.2, -0.15) is 0 Å². The molecule has 0 unspecified atom stereocenters. The van der Waals surface area contributed by atoms with Crippen LogP contribution < -0.4 is 0 Å². The molecule has 0 aliphatic carbocycles. The van der Waals surface area contributed by atoms with Crippen LogP contribution in [-0.2, 0) is 0 Å². The Bertz CT molecular complexity index is 472. The highest BCUT2D eigenvalue weighted by atomic mass is 32.2. The molecular weight excluding hydrogens is 208 g/mol. The van der Waals surface area contributed by atoms with Gasteiger partial charge in [0.15, 0.2) is 0 Å². The molecule has 76 valence electrons. The van der Waals surface area contributed by atoms with Gasteiger partial charge in [0.25, 0.3) is 0 Å². The van der Waals surface area contributed by atoms with Crippen LogP contribution in [0.5, 0.6) is 0 Å². The molecule has 0 aromatic carbocycles. The number of hydrogen-bond donors (Lipinski definition) is 0. The minimum atomic E-state index is 0.815. The minimum Gasteiger partial charge on any atom is -0.258 e. The summed E-state index contributed by atoms with van der Waals surface area (Å²) in [6.07, 6.45) is 6.88. The summed E-state index contributed by atoms with van der Waals surface area (Å²) in [5.41, 5.74) is 2.51. The first-order chi connectivity index (χ1) is 7.31. The summed E-state index contributed by atoms with van der Waals surface area (Å²) in [6.45, 7) is 1.92. The van der Waals surface area contributed by atoms with Crippen molar-refractivity contribution in [2.24, 2.45) is 0 Å². The first kappa shape index (κ1) is 10.0. The predicted octanol–water partition coefficient (Wildman–Crippen LogP) is 1.96. The molecule has 5 heteroatoms. The van der Waals surface area contributed by atoms with Gasteiger partial charge in [0.2, 0.25) is 0 Å². The first-order valence-electron chi connectivity index (χ1n) is 4.45. The summed E-state index contributed by atoms with van der Waals surface area (Å²) in [4.78, 5) is 16.8. The summed E-state index contributed by atoms with van der Waals surface area (Å²) < 4.78 is 0. The molecule has 15 heavy (non-hydrogen) atoms. The fraction of sp³-hybridized carbons (Fsp3) is 0.200. The quantitative estimate of drug-likeness (QED) is 0.569. The fourth-order valence-corrected chi connectivity index (χ4v) is 1.62. The van der Waals surface area contributed by atoms with Crippen molar-refractivity contribution >= 4 is 11.8 Å². The molecule has 0 aliphatic heterocycles. The molecule has 0 aliphatic rings. The van der Waals surface area contributed by atoms with Gasteiger partial charge in [-0.25, -0.2) is 9.97 Å². The Morgan fingerprint density at radius 1 is 1.07 bits per heavy atom. The van der Waals surface area contributed by atoms with Crippen LogP contribution in [0.1, 0.15) is 5.69 Å². The third-order valence-electron chi connectivity index (χ3n) is 1.97. The first-order valence-corrected chi connectivity index (χ1v) is 5.68. The lowest BCUT2D eigenvalue weighted by atomic mass is 10.2. The van der Waals surface area contributed by atoms with Gasteiger partial charge < -0.3 is 0 Å². The highest BCUT2D eigenvalue weighted by Gasteiger charge is 2.06. The molecule has 0 saturated carbocycles. The average Bonchev–Trinajstić information content (AvgIpc) is 2.30. The highest BCUT2D eigenvalue weighted by molar-refractivity contribution is 7.98. The van der Waals surface area contributed by atoms with Crippen LogP contribution in [0.2, 0.25) is 0 Å². The van der Waals surface area contributed by atoms with E-state index in [1.807, 2.05) is 19.2 Å². The second-order valence-corrected chi connectivity index (χ2v) is 3.76. The summed E-state index contributed by atoms with van der Waals surface area (Å²) in [6, 6.07) is 1.92. The Morgan fingerprint density at radius 3 is 2.60 bits per heavy atom. The van der Waals surface area contributed by atoms with Crippen LogP contribution in [0.4, 0.5) is 0 Å². The summed E-state index contributed by atoms with van der Waals surface area (Å²) in [7, 11) is 0. The van der Waals surface area contributed by atoms with E-state index in [2.05, 4.69) is 19.9 Å². The lowest BCUT2D eigenvalue weighted by Gasteiger charge is -2.03. The van der Waals surface area contributed by atoms with Crippen LogP contribution in [0.15, 0.2) is 29.8 Å². The molecule has 0 bridgehead atoms. The van der Waals surface area contributed by atoms with Crippen LogP contribution in [0.3, 0.4) is 0 Å². The van der Waals surface area contributed by atoms with Crippen molar-refractivity contribution in [3.8, 4) is 11.4 Å². The van der Waals surface area contributed by atoms with Crippen LogP contribution in [0, 0.1) is 6.92 Å². The molecule has 0 amide bonds. The third-order valence-corrected chi connectivity index (χ3v) is 2.62. The van der Waals surface area contributed by atoms with Crippen molar-refractivity contribution in [2.75, 3.05) is 6.26 Å². The maximum Gasteiger partial charge on any atom is 0.117 e. The Hall–Kier alpha value is -1.49. The Kier molecular flexibility index (Phi) is 2.91. The smallest absolute Gasteiger partial charge is 0.117 e. The van der Waals surface area contributed by atoms with Crippen molar-refractivity contribution in [1.82, 2.24) is 19.9 Å². The monoisotopic (exact) mass is 218 g/mol. The molecule has 0 N–H and O–H groups in total. The minimum absolute atomic E-state index is 0.815. The number of aryl methyl sites for hydroxylation is 1. The SMILES string of the molecule is CSc1cc(-c2nccnc2C)ncn1. The Balaban J connectivity index is 2.49. The second kappa shape index (κ2) is 4.35. The van der Waals surface area contributed by atoms with Crippen LogP contribution >= 0.6 is 11.8 Å². The van der Waals surface area contributed by atoms with E-state index < -0.39 is 0 Å². The van der Waals surface area contributed by atoms with Gasteiger partial charge in [0, 0.05) is 12.4 Å². The molecule has 0 fully saturated rings. The maximum absolute atomic E-state index is 4.26. The third kappa shape index (κ3) is 2.12. The zero-order valence-electron chi connectivity index (χ0n) is 8.51. The molecule has 2 aromatic heterocycles. The van der Waals surface area contributed by atoms with Gasteiger partial charge in [-0.1, -0.05) is 0 Å². The highest BCUT2D eigenvalue weighted by Crippen LogP contribution is 2.19. The Morgan fingerprint density at radius 2 is 1.87 bits per heavy atom. The number of thioether (sulfide) groups is 1. The molecule has 2 aromatic rings. The normalized spacial score (nSPS) is 10.3. The molecule has 0 radical (unpaired) electrons. The van der Waals surface area contributed by atoms with E-state index in [1.54, 1.807) is 30.5 Å². The lowest BCUT2D eigenvalue weighted by Crippen LogP contribution is -1.94. The average molecular weight is 218 g/mol. The van der Waals surface area contributed by atoms with E-state index in [9.17, 15) is 0 Å². The van der Waals surface area contributed by atoms with E-state index in [1.165, 1.54) is 0 Å². The number of rotatable bonds is 2. The number of hydrogen-bond acceptors (Lipinski definition) is 5. The predicted molar refractivity (Wildman–Crippen MR) is 59.6 cm³/mol. The van der Waals surface area contributed by atoms with Gasteiger partial charge in [-0.05, 0) is 19.2 Å². The number of aromatic nitrogens is 4. The van der Waals surface area contributed by atoms with E-state index in [-0.39, 0.29) is 0 Å². The maximum atomic E-state index is 4.26. The molecule has 2 heterocycles. The largest absolute Gasteiger partial charge is 0.258 e. The van der Waals surface area contributed by atoms with Gasteiger partial charge in [-0.3, -0.25) is 9.97 Å². The van der Waals surface area contributed by atoms with E-state index in [0.29, 0.717) is 0 Å². The van der Waals surface area contributed by atoms with Crippen molar-refractivity contribution in [2.45, 2.75) is 11.9 Å². The zero-order chi connectivity index (χ0) is 10.7. The van der Waals surface area contributed by atoms with Gasteiger partial charge in [0.1, 0.15) is 12.0 Å². The molecule has 0 saturated heterocycles.